The molecule has 2 aliphatic heterocycles. The third-order valence-corrected chi connectivity index (χ3v) is 5.38. The van der Waals surface area contributed by atoms with E-state index in [0.29, 0.717) is 18.9 Å². The summed E-state index contributed by atoms with van der Waals surface area (Å²) in [6.07, 6.45) is 3.37. The molecule has 1 aromatic rings. The molecule has 114 valence electrons. The van der Waals surface area contributed by atoms with Gasteiger partial charge in [0.05, 0.1) is 0 Å². The van der Waals surface area contributed by atoms with Gasteiger partial charge in [-0.15, -0.1) is 11.3 Å². The van der Waals surface area contributed by atoms with E-state index in [1.165, 1.54) is 0 Å². The smallest absolute Gasteiger partial charge is 0.331 e. The summed E-state index contributed by atoms with van der Waals surface area (Å²) in [7, 11) is 0. The lowest BCUT2D eigenvalue weighted by molar-refractivity contribution is -0.151. The number of carboxylic acid groups (broad SMARTS) is 1. The maximum absolute atomic E-state index is 12.6. The van der Waals surface area contributed by atoms with Crippen LogP contribution >= 0.6 is 11.3 Å². The van der Waals surface area contributed by atoms with Crippen molar-refractivity contribution < 1.29 is 14.7 Å². The standard InChI is InChI=1S/C15H20N2O3S/c18-13(8-10-2-1-5-16-9-10)17-6-3-12-11(4-7-21-12)14(17)15(19)20/h4,7,10,14,16H,1-3,5-6,8-9H2,(H,19,20). The first-order chi connectivity index (χ1) is 10.2. The van der Waals surface area contributed by atoms with E-state index in [4.69, 9.17) is 0 Å². The molecule has 2 aliphatic rings. The Kier molecular flexibility index (Phi) is 4.26. The molecule has 5 nitrogen and oxygen atoms in total. The van der Waals surface area contributed by atoms with E-state index in [9.17, 15) is 14.7 Å². The van der Waals surface area contributed by atoms with Crippen LogP contribution in [-0.4, -0.2) is 41.5 Å². The van der Waals surface area contributed by atoms with Gasteiger partial charge in [0.25, 0.3) is 0 Å². The first-order valence-corrected chi connectivity index (χ1v) is 8.34. The summed E-state index contributed by atoms with van der Waals surface area (Å²) in [5.41, 5.74) is 0.800. The zero-order valence-corrected chi connectivity index (χ0v) is 12.7. The van der Waals surface area contributed by atoms with Crippen LogP contribution in [0.5, 0.6) is 0 Å². The van der Waals surface area contributed by atoms with Crippen molar-refractivity contribution in [3.63, 3.8) is 0 Å². The van der Waals surface area contributed by atoms with E-state index in [2.05, 4.69) is 5.32 Å². The highest BCUT2D eigenvalue weighted by molar-refractivity contribution is 7.10. The number of rotatable bonds is 3. The summed E-state index contributed by atoms with van der Waals surface area (Å²) in [6, 6.07) is 1.05. The third kappa shape index (κ3) is 2.96. The van der Waals surface area contributed by atoms with E-state index in [1.807, 2.05) is 11.4 Å². The van der Waals surface area contributed by atoms with Crippen LogP contribution in [0.15, 0.2) is 11.4 Å². The molecule has 1 amide bonds. The highest BCUT2D eigenvalue weighted by Crippen LogP contribution is 2.34. The zero-order chi connectivity index (χ0) is 14.8. The fourth-order valence-electron chi connectivity index (χ4n) is 3.31. The van der Waals surface area contributed by atoms with Crippen LogP contribution in [0.4, 0.5) is 0 Å². The molecule has 2 unspecified atom stereocenters. The summed E-state index contributed by atoms with van der Waals surface area (Å²) < 4.78 is 0. The summed E-state index contributed by atoms with van der Waals surface area (Å²) in [6.45, 7) is 2.40. The highest BCUT2D eigenvalue weighted by atomic mass is 32.1. The molecule has 3 heterocycles. The molecule has 6 heteroatoms. The number of fused-ring (bicyclic) bond motifs is 1. The molecule has 0 spiro atoms. The maximum atomic E-state index is 12.6. The molecule has 2 atom stereocenters. The first kappa shape index (κ1) is 14.5. The molecule has 1 fully saturated rings. The predicted molar refractivity (Wildman–Crippen MR) is 80.3 cm³/mol. The Balaban J connectivity index is 1.74. The van der Waals surface area contributed by atoms with Gasteiger partial charge in [-0.25, -0.2) is 4.79 Å². The van der Waals surface area contributed by atoms with E-state index in [-0.39, 0.29) is 5.91 Å². The fraction of sp³-hybridized carbons (Fsp3) is 0.600. The number of carboxylic acids is 1. The molecule has 0 saturated carbocycles. The van der Waals surface area contributed by atoms with Gasteiger partial charge in [-0.1, -0.05) is 0 Å². The van der Waals surface area contributed by atoms with Crippen LogP contribution < -0.4 is 5.32 Å². The largest absolute Gasteiger partial charge is 0.479 e. The summed E-state index contributed by atoms with van der Waals surface area (Å²) in [5, 5.41) is 14.7. The zero-order valence-electron chi connectivity index (χ0n) is 11.9. The number of nitrogens with zero attached hydrogens (tertiary/aromatic N) is 1. The fourth-order valence-corrected chi connectivity index (χ4v) is 4.22. The SMILES string of the molecule is O=C(O)C1c2ccsc2CCN1C(=O)CC1CCCNC1. The Hall–Kier alpha value is -1.40. The second-order valence-corrected chi connectivity index (χ2v) is 6.79. The molecule has 0 bridgehead atoms. The number of hydrogen-bond donors (Lipinski definition) is 2. The molecular weight excluding hydrogens is 288 g/mol. The predicted octanol–water partition coefficient (Wildman–Crippen LogP) is 1.65. The molecule has 0 radical (unpaired) electrons. The van der Waals surface area contributed by atoms with Crippen molar-refractivity contribution in [2.75, 3.05) is 19.6 Å². The van der Waals surface area contributed by atoms with Gasteiger partial charge in [0.1, 0.15) is 0 Å². The highest BCUT2D eigenvalue weighted by Gasteiger charge is 2.37. The number of amides is 1. The topological polar surface area (TPSA) is 69.6 Å². The van der Waals surface area contributed by atoms with Crippen molar-refractivity contribution in [2.24, 2.45) is 5.92 Å². The lowest BCUT2D eigenvalue weighted by Crippen LogP contribution is -2.44. The number of hydrogen-bond acceptors (Lipinski definition) is 4. The average Bonchev–Trinajstić information content (AvgIpc) is 2.95. The number of thiophene rings is 1. The molecule has 1 aromatic heterocycles. The van der Waals surface area contributed by atoms with Crippen LogP contribution in [0.1, 0.15) is 35.7 Å². The van der Waals surface area contributed by atoms with Gasteiger partial charge < -0.3 is 15.3 Å². The molecule has 0 aromatic carbocycles. The van der Waals surface area contributed by atoms with Crippen molar-refractivity contribution in [1.82, 2.24) is 10.2 Å². The van der Waals surface area contributed by atoms with Crippen LogP contribution in [0, 0.1) is 5.92 Å². The Morgan fingerprint density at radius 2 is 2.33 bits per heavy atom. The number of nitrogens with one attached hydrogen (secondary N) is 1. The number of aliphatic carboxylic acids is 1. The van der Waals surface area contributed by atoms with E-state index in [1.54, 1.807) is 16.2 Å². The Bertz CT molecular complexity index is 537. The summed E-state index contributed by atoms with van der Waals surface area (Å²) in [5.74, 6) is -0.609. The van der Waals surface area contributed by atoms with Gasteiger partial charge in [0.15, 0.2) is 6.04 Å². The quantitative estimate of drug-likeness (QED) is 0.891. The van der Waals surface area contributed by atoms with Gasteiger partial charge in [-0.3, -0.25) is 4.79 Å². The molecule has 2 N–H and O–H groups in total. The number of carbonyl (C=O) groups is 2. The molecule has 1 saturated heterocycles. The lowest BCUT2D eigenvalue weighted by Gasteiger charge is -2.34. The van der Waals surface area contributed by atoms with E-state index >= 15 is 0 Å². The normalized spacial score (nSPS) is 25.4. The molecule has 3 rings (SSSR count). The molecular formula is C15H20N2O3S. The van der Waals surface area contributed by atoms with Crippen molar-refractivity contribution in [2.45, 2.75) is 31.7 Å². The summed E-state index contributed by atoms with van der Waals surface area (Å²) in [4.78, 5) is 26.8. The van der Waals surface area contributed by atoms with Crippen molar-refractivity contribution >= 4 is 23.2 Å². The minimum Gasteiger partial charge on any atom is -0.479 e. The van der Waals surface area contributed by atoms with Gasteiger partial charge in [-0.2, -0.15) is 0 Å². The Labute approximate surface area is 128 Å². The Morgan fingerprint density at radius 1 is 1.48 bits per heavy atom. The maximum Gasteiger partial charge on any atom is 0.331 e. The second-order valence-electron chi connectivity index (χ2n) is 5.79. The lowest BCUT2D eigenvalue weighted by atomic mass is 9.93. The van der Waals surface area contributed by atoms with Crippen molar-refractivity contribution in [3.05, 3.63) is 21.9 Å². The van der Waals surface area contributed by atoms with Gasteiger partial charge in [-0.05, 0) is 55.3 Å². The van der Waals surface area contributed by atoms with E-state index in [0.717, 1.165) is 42.8 Å². The monoisotopic (exact) mass is 308 g/mol. The van der Waals surface area contributed by atoms with E-state index < -0.39 is 12.0 Å². The minimum atomic E-state index is -0.926. The van der Waals surface area contributed by atoms with Crippen LogP contribution in [0.2, 0.25) is 0 Å². The van der Waals surface area contributed by atoms with Gasteiger partial charge >= 0.3 is 5.97 Å². The van der Waals surface area contributed by atoms with Crippen LogP contribution in [0.3, 0.4) is 0 Å². The second kappa shape index (κ2) is 6.15. The number of piperidine rings is 1. The van der Waals surface area contributed by atoms with Gasteiger partial charge in [0, 0.05) is 17.8 Å². The van der Waals surface area contributed by atoms with Gasteiger partial charge in [0.2, 0.25) is 5.91 Å². The Morgan fingerprint density at radius 3 is 3.05 bits per heavy atom. The number of carbonyl (C=O) groups excluding carboxylic acids is 1. The van der Waals surface area contributed by atoms with Crippen LogP contribution in [-0.2, 0) is 16.0 Å². The average molecular weight is 308 g/mol. The van der Waals surface area contributed by atoms with Crippen LogP contribution in [0.25, 0.3) is 0 Å². The molecule has 0 aliphatic carbocycles. The van der Waals surface area contributed by atoms with Crippen molar-refractivity contribution in [1.29, 1.82) is 0 Å². The first-order valence-electron chi connectivity index (χ1n) is 7.46. The minimum absolute atomic E-state index is 0.0204. The van der Waals surface area contributed by atoms with Crippen molar-refractivity contribution in [3.8, 4) is 0 Å². The third-order valence-electron chi connectivity index (χ3n) is 4.38. The summed E-state index contributed by atoms with van der Waals surface area (Å²) >= 11 is 1.58. The molecule has 21 heavy (non-hydrogen) atoms.